The number of aryl methyl sites for hydroxylation is 1. The molecule has 0 aliphatic carbocycles. The average Bonchev–Trinajstić information content (AvgIpc) is 2.88. The number of carbonyl (C=O) groups is 3. The van der Waals surface area contributed by atoms with E-state index in [1.807, 2.05) is 24.3 Å². The largest absolute Gasteiger partial charge is 0.497 e. The number of benzene rings is 2. The number of amides is 2. The van der Waals surface area contributed by atoms with E-state index in [-0.39, 0.29) is 36.0 Å². The molecule has 0 bridgehead atoms. The van der Waals surface area contributed by atoms with Crippen LogP contribution in [0.15, 0.2) is 65.6 Å². The third kappa shape index (κ3) is 7.54. The number of rotatable bonds is 10. The number of hydrogen-bond donors (Lipinski definition) is 2. The van der Waals surface area contributed by atoms with Crippen molar-refractivity contribution in [1.29, 1.82) is 0 Å². The summed E-state index contributed by atoms with van der Waals surface area (Å²) in [5.41, 5.74) is 2.87. The van der Waals surface area contributed by atoms with E-state index in [0.29, 0.717) is 12.1 Å². The van der Waals surface area contributed by atoms with Gasteiger partial charge in [-0.15, -0.1) is 0 Å². The summed E-state index contributed by atoms with van der Waals surface area (Å²) >= 11 is 0. The minimum Gasteiger partial charge on any atom is -0.497 e. The lowest BCUT2D eigenvalue weighted by Crippen LogP contribution is -2.45. The van der Waals surface area contributed by atoms with E-state index in [4.69, 9.17) is 4.74 Å². The molecule has 0 radical (unpaired) electrons. The van der Waals surface area contributed by atoms with Gasteiger partial charge in [-0.3, -0.25) is 19.2 Å². The molecule has 2 amide bonds. The highest BCUT2D eigenvalue weighted by molar-refractivity contribution is 5.97. The minimum absolute atomic E-state index is 0.141. The van der Waals surface area contributed by atoms with Crippen LogP contribution in [0.5, 0.6) is 5.75 Å². The van der Waals surface area contributed by atoms with Gasteiger partial charge in [0.25, 0.3) is 5.56 Å². The van der Waals surface area contributed by atoms with E-state index < -0.39 is 11.9 Å². The van der Waals surface area contributed by atoms with E-state index >= 15 is 0 Å². The third-order valence-electron chi connectivity index (χ3n) is 5.87. The van der Waals surface area contributed by atoms with Crippen LogP contribution in [0.2, 0.25) is 0 Å². The molecule has 1 atom stereocenters. The first-order valence-electron chi connectivity index (χ1n) is 11.8. The Bertz CT molecular complexity index is 1310. The van der Waals surface area contributed by atoms with Gasteiger partial charge in [-0.25, -0.2) is 0 Å². The Labute approximate surface area is 215 Å². The molecule has 0 spiro atoms. The molecule has 1 heterocycles. The first kappa shape index (κ1) is 27.2. The van der Waals surface area contributed by atoms with Crippen molar-refractivity contribution in [2.75, 3.05) is 19.5 Å². The summed E-state index contributed by atoms with van der Waals surface area (Å²) in [7, 11) is 2.92. The summed E-state index contributed by atoms with van der Waals surface area (Å²) < 4.78 is 11.4. The number of ether oxygens (including phenoxy) is 2. The number of esters is 1. The van der Waals surface area contributed by atoms with Crippen LogP contribution in [0.1, 0.15) is 29.2 Å². The maximum Gasteiger partial charge on any atom is 0.309 e. The zero-order valence-electron chi connectivity index (χ0n) is 21.4. The van der Waals surface area contributed by atoms with Crippen LogP contribution in [-0.2, 0) is 38.5 Å². The second-order valence-corrected chi connectivity index (χ2v) is 8.67. The van der Waals surface area contributed by atoms with Gasteiger partial charge in [-0.1, -0.05) is 36.4 Å². The molecule has 0 aliphatic rings. The molecular weight excluding hydrogens is 474 g/mol. The van der Waals surface area contributed by atoms with Crippen molar-refractivity contribution in [3.8, 4) is 5.75 Å². The standard InChI is InChI=1S/C28H31N3O6/c1-18-13-14-31(17-22-9-11-23(36-3)12-10-22)28(35)26(18)30-27(34)24(29-19(2)32)15-20-5-7-21(8-6-20)16-25(33)37-4/h5-14,24H,15-17H2,1-4H3,(H,29,32)(H,30,34)/t24-/m0/s1. The van der Waals surface area contributed by atoms with E-state index in [1.165, 1.54) is 18.6 Å². The molecular formula is C28H31N3O6. The van der Waals surface area contributed by atoms with Gasteiger partial charge in [0.05, 0.1) is 27.2 Å². The number of carbonyl (C=O) groups excluding carboxylic acids is 3. The van der Waals surface area contributed by atoms with Gasteiger partial charge in [0.1, 0.15) is 17.5 Å². The highest BCUT2D eigenvalue weighted by Gasteiger charge is 2.22. The van der Waals surface area contributed by atoms with Crippen LogP contribution in [0, 0.1) is 6.92 Å². The second-order valence-electron chi connectivity index (χ2n) is 8.67. The van der Waals surface area contributed by atoms with E-state index in [9.17, 15) is 19.2 Å². The zero-order valence-corrected chi connectivity index (χ0v) is 21.4. The SMILES string of the molecule is COC(=O)Cc1ccc(C[C@H](NC(C)=O)C(=O)Nc2c(C)ccn(Cc3ccc(OC)cc3)c2=O)cc1. The number of hydrogen-bond acceptors (Lipinski definition) is 6. The first-order chi connectivity index (χ1) is 17.7. The number of aromatic nitrogens is 1. The second kappa shape index (κ2) is 12.5. The molecule has 0 saturated carbocycles. The van der Waals surface area contributed by atoms with Crippen molar-refractivity contribution < 1.29 is 23.9 Å². The van der Waals surface area contributed by atoms with Gasteiger partial charge < -0.3 is 24.7 Å². The van der Waals surface area contributed by atoms with Gasteiger partial charge in [-0.2, -0.15) is 0 Å². The van der Waals surface area contributed by atoms with Crippen molar-refractivity contribution >= 4 is 23.5 Å². The quantitative estimate of drug-likeness (QED) is 0.409. The topological polar surface area (TPSA) is 116 Å². The first-order valence-corrected chi connectivity index (χ1v) is 11.8. The molecule has 37 heavy (non-hydrogen) atoms. The molecule has 9 nitrogen and oxygen atoms in total. The van der Waals surface area contributed by atoms with Gasteiger partial charge in [0.2, 0.25) is 11.8 Å². The monoisotopic (exact) mass is 505 g/mol. The van der Waals surface area contributed by atoms with Gasteiger partial charge in [0, 0.05) is 19.5 Å². The van der Waals surface area contributed by atoms with E-state index in [2.05, 4.69) is 15.4 Å². The fraction of sp³-hybridized carbons (Fsp3) is 0.286. The number of pyridine rings is 1. The van der Waals surface area contributed by atoms with Crippen molar-refractivity contribution in [1.82, 2.24) is 9.88 Å². The van der Waals surface area contributed by atoms with Crippen molar-refractivity contribution in [2.24, 2.45) is 0 Å². The Hall–Kier alpha value is -4.40. The van der Waals surface area contributed by atoms with Gasteiger partial charge >= 0.3 is 5.97 Å². The minimum atomic E-state index is -0.905. The van der Waals surface area contributed by atoms with E-state index in [1.54, 1.807) is 50.6 Å². The maximum atomic E-state index is 13.2. The molecule has 0 unspecified atom stereocenters. The fourth-order valence-corrected chi connectivity index (χ4v) is 3.80. The van der Waals surface area contributed by atoms with Crippen LogP contribution in [0.3, 0.4) is 0 Å². The summed E-state index contributed by atoms with van der Waals surface area (Å²) in [6.45, 7) is 3.39. The normalized spacial score (nSPS) is 11.4. The fourth-order valence-electron chi connectivity index (χ4n) is 3.80. The lowest BCUT2D eigenvalue weighted by Gasteiger charge is -2.19. The lowest BCUT2D eigenvalue weighted by molar-refractivity contribution is -0.139. The van der Waals surface area contributed by atoms with Crippen LogP contribution >= 0.6 is 0 Å². The Kier molecular flexibility index (Phi) is 9.21. The van der Waals surface area contributed by atoms with E-state index in [0.717, 1.165) is 22.4 Å². The average molecular weight is 506 g/mol. The van der Waals surface area contributed by atoms with Crippen LogP contribution < -0.4 is 20.9 Å². The highest BCUT2D eigenvalue weighted by atomic mass is 16.5. The maximum absolute atomic E-state index is 13.2. The molecule has 194 valence electrons. The van der Waals surface area contributed by atoms with Crippen LogP contribution in [0.25, 0.3) is 0 Å². The van der Waals surface area contributed by atoms with Crippen molar-refractivity contribution in [3.63, 3.8) is 0 Å². The third-order valence-corrected chi connectivity index (χ3v) is 5.87. The van der Waals surface area contributed by atoms with Crippen LogP contribution in [-0.4, -0.2) is 42.6 Å². The summed E-state index contributed by atoms with van der Waals surface area (Å²) in [6.07, 6.45) is 2.02. The molecule has 0 aliphatic heterocycles. The summed E-state index contributed by atoms with van der Waals surface area (Å²) in [4.78, 5) is 49.7. The summed E-state index contributed by atoms with van der Waals surface area (Å²) in [5.74, 6) is -0.505. The predicted octanol–water partition coefficient (Wildman–Crippen LogP) is 2.62. The number of nitrogens with one attached hydrogen (secondary N) is 2. The molecule has 3 rings (SSSR count). The molecule has 2 aromatic carbocycles. The molecule has 1 aromatic heterocycles. The molecule has 0 saturated heterocycles. The predicted molar refractivity (Wildman–Crippen MR) is 140 cm³/mol. The Morgan fingerprint density at radius 1 is 0.919 bits per heavy atom. The molecule has 0 fully saturated rings. The smallest absolute Gasteiger partial charge is 0.309 e. The van der Waals surface area contributed by atoms with Crippen molar-refractivity contribution in [3.05, 3.63) is 93.4 Å². The molecule has 3 aromatic rings. The van der Waals surface area contributed by atoms with Gasteiger partial charge in [-0.05, 0) is 47.4 Å². The Morgan fingerprint density at radius 3 is 2.14 bits per heavy atom. The Balaban J connectivity index is 1.78. The van der Waals surface area contributed by atoms with Crippen LogP contribution in [0.4, 0.5) is 5.69 Å². The lowest BCUT2D eigenvalue weighted by atomic mass is 10.0. The van der Waals surface area contributed by atoms with Gasteiger partial charge in [0.15, 0.2) is 0 Å². The summed E-state index contributed by atoms with van der Waals surface area (Å²) in [6, 6.07) is 15.3. The zero-order chi connectivity index (χ0) is 26.9. The highest BCUT2D eigenvalue weighted by Crippen LogP contribution is 2.15. The molecule has 2 N–H and O–H groups in total. The molecule has 9 heteroatoms. The number of methoxy groups -OCH3 is 2. The number of nitrogens with zero attached hydrogens (tertiary/aromatic N) is 1. The van der Waals surface area contributed by atoms with Crippen molar-refractivity contribution in [2.45, 2.75) is 39.3 Å². The number of anilines is 1. The Morgan fingerprint density at radius 2 is 1.54 bits per heavy atom. The summed E-state index contributed by atoms with van der Waals surface area (Å²) in [5, 5.41) is 5.39.